The molecule has 0 aliphatic rings. The van der Waals surface area contributed by atoms with Gasteiger partial charge >= 0.3 is 0 Å². The molecule has 0 bridgehead atoms. The average molecular weight is 477 g/mol. The van der Waals surface area contributed by atoms with Crippen molar-refractivity contribution >= 4 is 11.8 Å². The lowest BCUT2D eigenvalue weighted by atomic mass is 9.99. The van der Waals surface area contributed by atoms with E-state index in [1.165, 1.54) is 11.0 Å². The van der Waals surface area contributed by atoms with E-state index in [1.807, 2.05) is 63.2 Å². The smallest absolute Gasteiger partial charge is 0.243 e. The zero-order chi connectivity index (χ0) is 25.4. The van der Waals surface area contributed by atoms with Crippen LogP contribution in [0.2, 0.25) is 0 Å². The van der Waals surface area contributed by atoms with Gasteiger partial charge in [-0.3, -0.25) is 9.59 Å². The summed E-state index contributed by atoms with van der Waals surface area (Å²) < 4.78 is 19.8. The van der Waals surface area contributed by atoms with Gasteiger partial charge in [0.2, 0.25) is 11.8 Å². The number of methoxy groups -OCH3 is 1. The van der Waals surface area contributed by atoms with Crippen LogP contribution in [0.5, 0.6) is 5.75 Å². The highest BCUT2D eigenvalue weighted by molar-refractivity contribution is 5.89. The Balaban J connectivity index is 1.98. The lowest BCUT2D eigenvalue weighted by molar-refractivity contribution is -0.141. The number of hydrogen-bond acceptors (Lipinski definition) is 3. The number of carbonyl (C=O) groups excluding carboxylic acids is 2. The predicted molar refractivity (Wildman–Crippen MR) is 135 cm³/mol. The summed E-state index contributed by atoms with van der Waals surface area (Å²) in [6, 6.07) is 22.3. The van der Waals surface area contributed by atoms with Crippen LogP contribution in [0.4, 0.5) is 4.39 Å². The minimum Gasteiger partial charge on any atom is -0.497 e. The second-order valence-electron chi connectivity index (χ2n) is 9.58. The maximum absolute atomic E-state index is 14.6. The van der Waals surface area contributed by atoms with Gasteiger partial charge in [-0.15, -0.1) is 0 Å². The van der Waals surface area contributed by atoms with Crippen LogP contribution < -0.4 is 10.1 Å². The molecule has 0 unspecified atom stereocenters. The summed E-state index contributed by atoms with van der Waals surface area (Å²) in [6.07, 6.45) is 0.387. The van der Waals surface area contributed by atoms with Crippen LogP contribution in [-0.2, 0) is 29.0 Å². The molecule has 0 aliphatic carbocycles. The first-order valence-electron chi connectivity index (χ1n) is 11.7. The number of amides is 2. The molecule has 3 aromatic rings. The number of nitrogens with one attached hydrogen (secondary N) is 1. The van der Waals surface area contributed by atoms with Gasteiger partial charge in [-0.1, -0.05) is 60.7 Å². The summed E-state index contributed by atoms with van der Waals surface area (Å²) in [5.74, 6) is -0.260. The molecule has 2 amide bonds. The van der Waals surface area contributed by atoms with Gasteiger partial charge in [-0.25, -0.2) is 4.39 Å². The van der Waals surface area contributed by atoms with Crippen molar-refractivity contribution in [3.8, 4) is 5.75 Å². The second kappa shape index (κ2) is 11.6. The monoisotopic (exact) mass is 476 g/mol. The molecular formula is C29H33FN2O3. The molecule has 3 rings (SSSR count). The van der Waals surface area contributed by atoms with E-state index < -0.39 is 17.4 Å². The number of halogens is 1. The maximum Gasteiger partial charge on any atom is 0.243 e. The van der Waals surface area contributed by atoms with E-state index in [9.17, 15) is 14.0 Å². The number of hydrogen-bond donors (Lipinski definition) is 1. The van der Waals surface area contributed by atoms with E-state index in [0.717, 1.165) is 11.1 Å². The summed E-state index contributed by atoms with van der Waals surface area (Å²) >= 11 is 0. The van der Waals surface area contributed by atoms with Crippen molar-refractivity contribution in [3.63, 3.8) is 0 Å². The van der Waals surface area contributed by atoms with Gasteiger partial charge in [0.15, 0.2) is 0 Å². The van der Waals surface area contributed by atoms with E-state index in [1.54, 1.807) is 37.4 Å². The molecule has 0 aliphatic heterocycles. The van der Waals surface area contributed by atoms with Crippen LogP contribution >= 0.6 is 0 Å². The summed E-state index contributed by atoms with van der Waals surface area (Å²) in [7, 11) is 1.58. The lowest BCUT2D eigenvalue weighted by Crippen LogP contribution is -2.54. The molecule has 0 spiro atoms. The van der Waals surface area contributed by atoms with Gasteiger partial charge in [0.05, 0.1) is 13.5 Å². The van der Waals surface area contributed by atoms with Crippen molar-refractivity contribution in [2.75, 3.05) is 7.11 Å². The molecule has 0 heterocycles. The third kappa shape index (κ3) is 7.67. The molecule has 5 nitrogen and oxygen atoms in total. The van der Waals surface area contributed by atoms with E-state index in [-0.39, 0.29) is 24.8 Å². The van der Waals surface area contributed by atoms with Gasteiger partial charge in [-0.05, 0) is 50.1 Å². The first-order valence-corrected chi connectivity index (χ1v) is 11.7. The fourth-order valence-electron chi connectivity index (χ4n) is 3.84. The molecule has 0 saturated carbocycles. The molecule has 0 fully saturated rings. The fraction of sp³-hybridized carbons (Fsp3) is 0.310. The summed E-state index contributed by atoms with van der Waals surface area (Å²) in [6.45, 7) is 5.66. The van der Waals surface area contributed by atoms with Crippen LogP contribution in [-0.4, -0.2) is 35.4 Å². The maximum atomic E-state index is 14.6. The van der Waals surface area contributed by atoms with Gasteiger partial charge < -0.3 is 15.0 Å². The summed E-state index contributed by atoms with van der Waals surface area (Å²) in [4.78, 5) is 28.7. The highest BCUT2D eigenvalue weighted by Gasteiger charge is 2.32. The standard InChI is InChI=1S/C29H33FN2O3/c1-29(2,3)31-28(34)26(18-21-10-6-5-7-11-21)32(20-23-12-8-9-13-25(23)30)27(33)19-22-14-16-24(35-4)17-15-22/h5-17,26H,18-20H2,1-4H3,(H,31,34)/t26-/m1/s1. The minimum absolute atomic E-state index is 0.0171. The van der Waals surface area contributed by atoms with E-state index >= 15 is 0 Å². The average Bonchev–Trinajstić information content (AvgIpc) is 2.82. The van der Waals surface area contributed by atoms with Crippen LogP contribution in [0.25, 0.3) is 0 Å². The second-order valence-corrected chi connectivity index (χ2v) is 9.58. The third-order valence-corrected chi connectivity index (χ3v) is 5.58. The van der Waals surface area contributed by atoms with E-state index in [4.69, 9.17) is 4.74 Å². The van der Waals surface area contributed by atoms with Crippen molar-refractivity contribution in [1.82, 2.24) is 10.2 Å². The molecule has 184 valence electrons. The molecule has 0 radical (unpaired) electrons. The van der Waals surface area contributed by atoms with E-state index in [0.29, 0.717) is 17.7 Å². The normalized spacial score (nSPS) is 12.0. The van der Waals surface area contributed by atoms with Crippen LogP contribution in [0.15, 0.2) is 78.9 Å². The van der Waals surface area contributed by atoms with Gasteiger partial charge in [0.1, 0.15) is 17.6 Å². The zero-order valence-corrected chi connectivity index (χ0v) is 20.8. The molecule has 35 heavy (non-hydrogen) atoms. The molecule has 6 heteroatoms. The van der Waals surface area contributed by atoms with Crippen LogP contribution in [0.1, 0.15) is 37.5 Å². The summed E-state index contributed by atoms with van der Waals surface area (Å²) in [5.41, 5.74) is 1.56. The Labute approximate surface area is 206 Å². The van der Waals surface area contributed by atoms with Crippen molar-refractivity contribution in [1.29, 1.82) is 0 Å². The number of nitrogens with zero attached hydrogens (tertiary/aromatic N) is 1. The van der Waals surface area contributed by atoms with Crippen molar-refractivity contribution in [2.45, 2.75) is 51.7 Å². The molecular weight excluding hydrogens is 443 g/mol. The largest absolute Gasteiger partial charge is 0.497 e. The quantitative estimate of drug-likeness (QED) is 0.476. The first-order chi connectivity index (χ1) is 16.7. The van der Waals surface area contributed by atoms with E-state index in [2.05, 4.69) is 5.32 Å². The Kier molecular flexibility index (Phi) is 8.63. The van der Waals surface area contributed by atoms with Crippen LogP contribution in [0, 0.1) is 5.82 Å². The van der Waals surface area contributed by atoms with Crippen LogP contribution in [0.3, 0.4) is 0 Å². The first kappa shape index (κ1) is 25.9. The zero-order valence-electron chi connectivity index (χ0n) is 20.8. The molecule has 3 aromatic carbocycles. The third-order valence-electron chi connectivity index (χ3n) is 5.58. The van der Waals surface area contributed by atoms with Gasteiger partial charge in [0.25, 0.3) is 0 Å². The topological polar surface area (TPSA) is 58.6 Å². The van der Waals surface area contributed by atoms with Crippen molar-refractivity contribution in [3.05, 3.63) is 101 Å². The number of rotatable bonds is 9. The number of ether oxygens (including phenoxy) is 1. The Hall–Kier alpha value is -3.67. The summed E-state index contributed by atoms with van der Waals surface area (Å²) in [5, 5.41) is 3.01. The molecule has 0 aromatic heterocycles. The minimum atomic E-state index is -0.818. The van der Waals surface area contributed by atoms with Gasteiger partial charge in [-0.2, -0.15) is 0 Å². The molecule has 1 N–H and O–H groups in total. The SMILES string of the molecule is COc1ccc(CC(=O)N(Cc2ccccc2F)[C@H](Cc2ccccc2)C(=O)NC(C)(C)C)cc1. The van der Waals surface area contributed by atoms with Gasteiger partial charge in [0, 0.05) is 24.1 Å². The van der Waals surface area contributed by atoms with Crippen molar-refractivity contribution in [2.24, 2.45) is 0 Å². The predicted octanol–water partition coefficient (Wildman–Crippen LogP) is 4.93. The Morgan fingerprint density at radius 2 is 1.54 bits per heavy atom. The Morgan fingerprint density at radius 3 is 2.14 bits per heavy atom. The fourth-order valence-corrected chi connectivity index (χ4v) is 3.84. The number of carbonyl (C=O) groups is 2. The highest BCUT2D eigenvalue weighted by atomic mass is 19.1. The Morgan fingerprint density at radius 1 is 0.914 bits per heavy atom. The highest BCUT2D eigenvalue weighted by Crippen LogP contribution is 2.20. The van der Waals surface area contributed by atoms with Crippen molar-refractivity contribution < 1.29 is 18.7 Å². The lowest BCUT2D eigenvalue weighted by Gasteiger charge is -2.34. The molecule has 1 atom stereocenters. The Bertz CT molecular complexity index is 1120. The molecule has 0 saturated heterocycles. The number of benzene rings is 3.